The van der Waals surface area contributed by atoms with Gasteiger partial charge >= 0.3 is 0 Å². The Morgan fingerprint density at radius 2 is 1.90 bits per heavy atom. The number of amides is 1. The van der Waals surface area contributed by atoms with Crippen LogP contribution in [0.2, 0.25) is 0 Å². The molecule has 0 aliphatic rings. The summed E-state index contributed by atoms with van der Waals surface area (Å²) in [6, 6.07) is 7.83. The van der Waals surface area contributed by atoms with Crippen LogP contribution in [0.25, 0.3) is 0 Å². The third kappa shape index (κ3) is 6.16. The molecule has 6 nitrogen and oxygen atoms in total. The van der Waals surface area contributed by atoms with Crippen molar-refractivity contribution >= 4 is 11.9 Å². The summed E-state index contributed by atoms with van der Waals surface area (Å²) < 4.78 is 5.12. The van der Waals surface area contributed by atoms with Gasteiger partial charge in [0.15, 0.2) is 5.96 Å². The van der Waals surface area contributed by atoms with Crippen molar-refractivity contribution in [3.8, 4) is 5.75 Å². The van der Waals surface area contributed by atoms with E-state index in [1.165, 1.54) is 0 Å². The van der Waals surface area contributed by atoms with Crippen molar-refractivity contribution in [1.29, 1.82) is 0 Å². The molecular weight excluding hydrogens is 268 g/mol. The fourth-order valence-corrected chi connectivity index (χ4v) is 1.66. The lowest BCUT2D eigenvalue weighted by molar-refractivity contribution is -0.128. The summed E-state index contributed by atoms with van der Waals surface area (Å²) in [5.41, 5.74) is 1.13. The van der Waals surface area contributed by atoms with Crippen molar-refractivity contribution in [2.45, 2.75) is 13.0 Å². The zero-order valence-electron chi connectivity index (χ0n) is 13.1. The van der Waals surface area contributed by atoms with Crippen molar-refractivity contribution in [2.75, 3.05) is 34.8 Å². The van der Waals surface area contributed by atoms with Crippen LogP contribution in [0, 0.1) is 0 Å². The molecule has 0 aliphatic heterocycles. The van der Waals surface area contributed by atoms with Crippen molar-refractivity contribution in [3.63, 3.8) is 0 Å². The van der Waals surface area contributed by atoms with Crippen LogP contribution >= 0.6 is 0 Å². The largest absolute Gasteiger partial charge is 0.497 e. The summed E-state index contributed by atoms with van der Waals surface area (Å²) in [5.74, 6) is 1.61. The van der Waals surface area contributed by atoms with E-state index < -0.39 is 0 Å². The van der Waals surface area contributed by atoms with E-state index in [0.29, 0.717) is 25.5 Å². The number of benzene rings is 1. The third-order valence-electron chi connectivity index (χ3n) is 2.97. The number of guanidine groups is 1. The molecule has 1 amide bonds. The first-order valence-corrected chi connectivity index (χ1v) is 6.84. The molecule has 116 valence electrons. The van der Waals surface area contributed by atoms with E-state index in [2.05, 4.69) is 15.6 Å². The number of methoxy groups -OCH3 is 1. The second-order valence-corrected chi connectivity index (χ2v) is 4.74. The van der Waals surface area contributed by atoms with E-state index >= 15 is 0 Å². The average Bonchev–Trinajstić information content (AvgIpc) is 2.50. The molecule has 0 saturated heterocycles. The van der Waals surface area contributed by atoms with Gasteiger partial charge in [0.2, 0.25) is 5.91 Å². The second-order valence-electron chi connectivity index (χ2n) is 4.74. The molecule has 0 aromatic heterocycles. The Balaban J connectivity index is 2.35. The normalized spacial score (nSPS) is 11.0. The van der Waals surface area contributed by atoms with Crippen LogP contribution in [0.5, 0.6) is 5.75 Å². The molecule has 21 heavy (non-hydrogen) atoms. The molecule has 0 spiro atoms. The minimum Gasteiger partial charge on any atom is -0.497 e. The summed E-state index contributed by atoms with van der Waals surface area (Å²) in [4.78, 5) is 17.2. The standard InChI is InChI=1S/C15H24N4O2/c1-16-15(17-10-9-14(20)19(2)3)18-11-12-5-7-13(21-4)8-6-12/h5-8H,9-11H2,1-4H3,(H2,16,17,18). The second kappa shape index (κ2) is 8.84. The maximum absolute atomic E-state index is 11.5. The van der Waals surface area contributed by atoms with Crippen LogP contribution in [0.15, 0.2) is 29.3 Å². The molecule has 1 aromatic rings. The minimum absolute atomic E-state index is 0.0908. The summed E-state index contributed by atoms with van der Waals surface area (Å²) in [6.07, 6.45) is 0.441. The lowest BCUT2D eigenvalue weighted by Crippen LogP contribution is -2.38. The molecule has 0 radical (unpaired) electrons. The van der Waals surface area contributed by atoms with E-state index in [1.807, 2.05) is 24.3 Å². The molecule has 6 heteroatoms. The quantitative estimate of drug-likeness (QED) is 0.602. The lowest BCUT2D eigenvalue weighted by atomic mass is 10.2. The Bertz CT molecular complexity index is 469. The molecule has 0 aliphatic carbocycles. The SMILES string of the molecule is CN=C(NCCC(=O)N(C)C)NCc1ccc(OC)cc1. The number of nitrogens with zero attached hydrogens (tertiary/aromatic N) is 2. The summed E-state index contributed by atoms with van der Waals surface area (Å²) in [7, 11) is 6.85. The number of hydrogen-bond acceptors (Lipinski definition) is 3. The first kappa shape index (κ1) is 16.8. The fourth-order valence-electron chi connectivity index (χ4n) is 1.66. The molecule has 0 fully saturated rings. The highest BCUT2D eigenvalue weighted by molar-refractivity contribution is 5.81. The van der Waals surface area contributed by atoms with E-state index in [9.17, 15) is 4.79 Å². The zero-order valence-corrected chi connectivity index (χ0v) is 13.1. The molecular formula is C15H24N4O2. The Hall–Kier alpha value is -2.24. The van der Waals surface area contributed by atoms with Gasteiger partial charge in [0.25, 0.3) is 0 Å². The number of hydrogen-bond donors (Lipinski definition) is 2. The highest BCUT2D eigenvalue weighted by Gasteiger charge is 2.04. The first-order valence-electron chi connectivity index (χ1n) is 6.84. The van der Waals surface area contributed by atoms with Crippen LogP contribution in [-0.4, -0.2) is 51.6 Å². The van der Waals surface area contributed by atoms with Crippen molar-refractivity contribution in [1.82, 2.24) is 15.5 Å². The topological polar surface area (TPSA) is 66.0 Å². The van der Waals surface area contributed by atoms with Crippen LogP contribution < -0.4 is 15.4 Å². The Morgan fingerprint density at radius 1 is 1.24 bits per heavy atom. The maximum Gasteiger partial charge on any atom is 0.223 e. The minimum atomic E-state index is 0.0908. The molecule has 0 atom stereocenters. The van der Waals surface area contributed by atoms with E-state index in [0.717, 1.165) is 11.3 Å². The summed E-state index contributed by atoms with van der Waals surface area (Å²) in [5, 5.41) is 6.31. The van der Waals surface area contributed by atoms with Crippen molar-refractivity contribution in [3.05, 3.63) is 29.8 Å². The predicted molar refractivity (Wildman–Crippen MR) is 84.5 cm³/mol. The Labute approximate surface area is 126 Å². The number of carbonyl (C=O) groups is 1. The number of nitrogens with one attached hydrogen (secondary N) is 2. The van der Waals surface area contributed by atoms with Gasteiger partial charge in [-0.05, 0) is 17.7 Å². The maximum atomic E-state index is 11.5. The number of rotatable bonds is 6. The van der Waals surface area contributed by atoms with Crippen LogP contribution in [0.3, 0.4) is 0 Å². The average molecular weight is 292 g/mol. The molecule has 0 saturated carbocycles. The lowest BCUT2D eigenvalue weighted by Gasteiger charge is -2.13. The molecule has 0 unspecified atom stereocenters. The number of ether oxygens (including phenoxy) is 1. The Kier molecular flexibility index (Phi) is 7.08. The smallest absolute Gasteiger partial charge is 0.223 e. The molecule has 1 aromatic carbocycles. The van der Waals surface area contributed by atoms with Gasteiger partial charge in [-0.3, -0.25) is 9.79 Å². The van der Waals surface area contributed by atoms with E-state index in [4.69, 9.17) is 4.74 Å². The van der Waals surface area contributed by atoms with Gasteiger partial charge < -0.3 is 20.3 Å². The van der Waals surface area contributed by atoms with E-state index in [-0.39, 0.29) is 5.91 Å². The monoisotopic (exact) mass is 292 g/mol. The van der Waals surface area contributed by atoms with Crippen molar-refractivity contribution < 1.29 is 9.53 Å². The van der Waals surface area contributed by atoms with Crippen LogP contribution in [0.4, 0.5) is 0 Å². The van der Waals surface area contributed by atoms with Gasteiger partial charge in [-0.15, -0.1) is 0 Å². The van der Waals surface area contributed by atoms with Gasteiger partial charge in [-0.25, -0.2) is 0 Å². The summed E-state index contributed by atoms with van der Waals surface area (Å²) in [6.45, 7) is 1.21. The van der Waals surface area contributed by atoms with Gasteiger partial charge in [0.05, 0.1) is 7.11 Å². The fraction of sp³-hybridized carbons (Fsp3) is 0.467. The van der Waals surface area contributed by atoms with E-state index in [1.54, 1.807) is 33.2 Å². The van der Waals surface area contributed by atoms with Gasteiger partial charge in [0, 0.05) is 40.7 Å². The zero-order chi connectivity index (χ0) is 15.7. The molecule has 0 bridgehead atoms. The third-order valence-corrected chi connectivity index (χ3v) is 2.97. The Morgan fingerprint density at radius 3 is 2.43 bits per heavy atom. The summed E-state index contributed by atoms with van der Waals surface area (Å²) >= 11 is 0. The molecule has 1 rings (SSSR count). The number of aliphatic imine (C=N–C) groups is 1. The highest BCUT2D eigenvalue weighted by Crippen LogP contribution is 2.10. The van der Waals surface area contributed by atoms with Gasteiger partial charge in [-0.1, -0.05) is 12.1 Å². The van der Waals surface area contributed by atoms with Crippen molar-refractivity contribution in [2.24, 2.45) is 4.99 Å². The first-order chi connectivity index (χ1) is 10.1. The predicted octanol–water partition coefficient (Wildman–Crippen LogP) is 0.839. The molecule has 0 heterocycles. The van der Waals surface area contributed by atoms with Gasteiger partial charge in [0.1, 0.15) is 5.75 Å². The van der Waals surface area contributed by atoms with Crippen LogP contribution in [0.1, 0.15) is 12.0 Å². The number of carbonyl (C=O) groups excluding carboxylic acids is 1. The van der Waals surface area contributed by atoms with Gasteiger partial charge in [-0.2, -0.15) is 0 Å². The highest BCUT2D eigenvalue weighted by atomic mass is 16.5. The molecule has 2 N–H and O–H groups in total. The van der Waals surface area contributed by atoms with Crippen LogP contribution in [-0.2, 0) is 11.3 Å².